The predicted molar refractivity (Wildman–Crippen MR) is 61.0 cm³/mol. The van der Waals surface area contributed by atoms with Crippen molar-refractivity contribution in [1.29, 1.82) is 0 Å². The highest BCUT2D eigenvalue weighted by atomic mass is 16.6. The Balaban J connectivity index is 1.85. The van der Waals surface area contributed by atoms with Crippen LogP contribution in [-0.4, -0.2) is 24.6 Å². The average molecular weight is 238 g/mol. The Hall–Kier alpha value is -1.32. The first-order valence-electron chi connectivity index (χ1n) is 6.02. The molecule has 0 amide bonds. The number of rotatable bonds is 3. The molecule has 1 saturated carbocycles. The van der Waals surface area contributed by atoms with Gasteiger partial charge in [-0.25, -0.2) is 4.79 Å². The van der Waals surface area contributed by atoms with E-state index in [1.807, 2.05) is 6.92 Å². The fourth-order valence-corrected chi connectivity index (χ4v) is 2.78. The van der Waals surface area contributed by atoms with Gasteiger partial charge in [-0.2, -0.15) is 0 Å². The molecule has 0 radical (unpaired) electrons. The van der Waals surface area contributed by atoms with Gasteiger partial charge in [0.05, 0.1) is 12.5 Å². The highest BCUT2D eigenvalue weighted by molar-refractivity contribution is 5.86. The van der Waals surface area contributed by atoms with E-state index in [4.69, 9.17) is 9.47 Å². The molecule has 4 unspecified atom stereocenters. The Kier molecular flexibility index (Phi) is 3.22. The molecule has 1 saturated heterocycles. The Labute approximate surface area is 101 Å². The molecule has 0 aromatic carbocycles. The standard InChI is InChI=1S/C13H18O4/c1-7(2)12(14)16-6-9-4-10-8(3)17-13(15)11(10)5-9/h8-11H,1,4-6H2,2-3H3. The van der Waals surface area contributed by atoms with Crippen LogP contribution >= 0.6 is 0 Å². The van der Waals surface area contributed by atoms with Crippen molar-refractivity contribution in [3.63, 3.8) is 0 Å². The van der Waals surface area contributed by atoms with Crippen LogP contribution < -0.4 is 0 Å². The van der Waals surface area contributed by atoms with Crippen molar-refractivity contribution in [2.75, 3.05) is 6.61 Å². The van der Waals surface area contributed by atoms with E-state index in [1.54, 1.807) is 6.92 Å². The number of cyclic esters (lactones) is 1. The normalized spacial score (nSPS) is 35.3. The van der Waals surface area contributed by atoms with Gasteiger partial charge < -0.3 is 9.47 Å². The Morgan fingerprint density at radius 3 is 2.82 bits per heavy atom. The van der Waals surface area contributed by atoms with Crippen molar-refractivity contribution in [2.45, 2.75) is 32.8 Å². The highest BCUT2D eigenvalue weighted by Crippen LogP contribution is 2.44. The molecule has 94 valence electrons. The van der Waals surface area contributed by atoms with E-state index in [0.29, 0.717) is 18.1 Å². The lowest BCUT2D eigenvalue weighted by Gasteiger charge is -2.14. The van der Waals surface area contributed by atoms with Crippen LogP contribution in [0.2, 0.25) is 0 Å². The molecule has 1 aliphatic carbocycles. The van der Waals surface area contributed by atoms with Crippen molar-refractivity contribution in [3.05, 3.63) is 12.2 Å². The summed E-state index contributed by atoms with van der Waals surface area (Å²) in [6.07, 6.45) is 1.69. The van der Waals surface area contributed by atoms with Gasteiger partial charge in [0.1, 0.15) is 6.10 Å². The number of carbonyl (C=O) groups is 2. The number of carbonyl (C=O) groups excluding carboxylic acids is 2. The summed E-state index contributed by atoms with van der Waals surface area (Å²) in [6, 6.07) is 0. The Morgan fingerprint density at radius 1 is 1.53 bits per heavy atom. The van der Waals surface area contributed by atoms with Gasteiger partial charge in [-0.3, -0.25) is 4.79 Å². The number of esters is 2. The van der Waals surface area contributed by atoms with Crippen LogP contribution in [0.5, 0.6) is 0 Å². The summed E-state index contributed by atoms with van der Waals surface area (Å²) in [5.41, 5.74) is 0.413. The topological polar surface area (TPSA) is 52.6 Å². The van der Waals surface area contributed by atoms with Gasteiger partial charge in [-0.1, -0.05) is 6.58 Å². The first-order valence-corrected chi connectivity index (χ1v) is 6.02. The lowest BCUT2D eigenvalue weighted by molar-refractivity contribution is -0.144. The van der Waals surface area contributed by atoms with Crippen molar-refractivity contribution in [3.8, 4) is 0 Å². The number of fused-ring (bicyclic) bond motifs is 1. The predicted octanol–water partition coefficient (Wildman–Crippen LogP) is 1.69. The monoisotopic (exact) mass is 238 g/mol. The molecule has 4 atom stereocenters. The average Bonchev–Trinajstić information content (AvgIpc) is 2.78. The molecule has 0 bridgehead atoms. The van der Waals surface area contributed by atoms with Crippen LogP contribution in [0.3, 0.4) is 0 Å². The maximum atomic E-state index is 11.5. The molecule has 1 aliphatic heterocycles. The molecule has 2 aliphatic rings. The first kappa shape index (κ1) is 12.1. The molecular weight excluding hydrogens is 220 g/mol. The minimum absolute atomic E-state index is 0.00865. The third kappa shape index (κ3) is 2.35. The smallest absolute Gasteiger partial charge is 0.333 e. The van der Waals surface area contributed by atoms with Crippen LogP contribution in [0.1, 0.15) is 26.7 Å². The van der Waals surface area contributed by atoms with Gasteiger partial charge in [-0.05, 0) is 32.6 Å². The summed E-state index contributed by atoms with van der Waals surface area (Å²) in [5.74, 6) is 0.159. The van der Waals surface area contributed by atoms with Gasteiger partial charge in [0, 0.05) is 11.5 Å². The Bertz CT molecular complexity index is 360. The number of hydrogen-bond donors (Lipinski definition) is 0. The van der Waals surface area contributed by atoms with Crippen molar-refractivity contribution in [2.24, 2.45) is 17.8 Å². The quantitative estimate of drug-likeness (QED) is 0.554. The van der Waals surface area contributed by atoms with Gasteiger partial charge in [0.25, 0.3) is 0 Å². The minimum atomic E-state index is -0.349. The zero-order valence-electron chi connectivity index (χ0n) is 10.3. The van der Waals surface area contributed by atoms with Crippen LogP contribution in [0.25, 0.3) is 0 Å². The van der Waals surface area contributed by atoms with E-state index in [0.717, 1.165) is 12.8 Å². The van der Waals surface area contributed by atoms with E-state index in [2.05, 4.69) is 6.58 Å². The molecule has 17 heavy (non-hydrogen) atoms. The van der Waals surface area contributed by atoms with Gasteiger partial charge in [0.15, 0.2) is 0 Å². The summed E-state index contributed by atoms with van der Waals surface area (Å²) in [5, 5.41) is 0. The maximum Gasteiger partial charge on any atom is 0.333 e. The number of ether oxygens (including phenoxy) is 2. The van der Waals surface area contributed by atoms with E-state index in [9.17, 15) is 9.59 Å². The molecule has 4 nitrogen and oxygen atoms in total. The van der Waals surface area contributed by atoms with Crippen LogP contribution in [0.4, 0.5) is 0 Å². The maximum absolute atomic E-state index is 11.5. The van der Waals surface area contributed by atoms with Crippen LogP contribution in [-0.2, 0) is 19.1 Å². The zero-order valence-corrected chi connectivity index (χ0v) is 10.3. The lowest BCUT2D eigenvalue weighted by atomic mass is 9.95. The zero-order chi connectivity index (χ0) is 12.6. The van der Waals surface area contributed by atoms with Crippen molar-refractivity contribution >= 4 is 11.9 Å². The second-order valence-electron chi connectivity index (χ2n) is 5.13. The summed E-state index contributed by atoms with van der Waals surface area (Å²) >= 11 is 0. The lowest BCUT2D eigenvalue weighted by Crippen LogP contribution is -2.16. The molecule has 2 rings (SSSR count). The van der Waals surface area contributed by atoms with E-state index < -0.39 is 0 Å². The van der Waals surface area contributed by atoms with Crippen molar-refractivity contribution in [1.82, 2.24) is 0 Å². The summed E-state index contributed by atoms with van der Waals surface area (Å²) < 4.78 is 10.3. The van der Waals surface area contributed by atoms with Gasteiger partial charge in [0.2, 0.25) is 0 Å². The summed E-state index contributed by atoms with van der Waals surface area (Å²) in [7, 11) is 0. The number of hydrogen-bond acceptors (Lipinski definition) is 4. The molecule has 0 N–H and O–H groups in total. The molecule has 1 heterocycles. The van der Waals surface area contributed by atoms with Crippen LogP contribution in [0.15, 0.2) is 12.2 Å². The van der Waals surface area contributed by atoms with Crippen LogP contribution in [0, 0.1) is 17.8 Å². The minimum Gasteiger partial charge on any atom is -0.462 e. The highest BCUT2D eigenvalue weighted by Gasteiger charge is 2.48. The SMILES string of the molecule is C=C(C)C(=O)OCC1CC2C(=O)OC(C)C2C1. The Morgan fingerprint density at radius 2 is 2.24 bits per heavy atom. The summed E-state index contributed by atoms with van der Waals surface area (Å²) in [6.45, 7) is 7.49. The van der Waals surface area contributed by atoms with Gasteiger partial charge >= 0.3 is 11.9 Å². The van der Waals surface area contributed by atoms with Crippen molar-refractivity contribution < 1.29 is 19.1 Å². The molecule has 0 aromatic heterocycles. The van der Waals surface area contributed by atoms with E-state index >= 15 is 0 Å². The molecule has 4 heteroatoms. The molecule has 0 aromatic rings. The third-order valence-corrected chi connectivity index (χ3v) is 3.72. The molecular formula is C13H18O4. The largest absolute Gasteiger partial charge is 0.462 e. The fraction of sp³-hybridized carbons (Fsp3) is 0.692. The third-order valence-electron chi connectivity index (χ3n) is 3.72. The van der Waals surface area contributed by atoms with E-state index in [-0.39, 0.29) is 29.9 Å². The second-order valence-corrected chi connectivity index (χ2v) is 5.13. The molecule has 2 fully saturated rings. The first-order chi connectivity index (χ1) is 7.99. The molecule has 0 spiro atoms. The summed E-state index contributed by atoms with van der Waals surface area (Å²) in [4.78, 5) is 22.8. The van der Waals surface area contributed by atoms with Gasteiger partial charge in [-0.15, -0.1) is 0 Å². The van der Waals surface area contributed by atoms with E-state index in [1.165, 1.54) is 0 Å². The fourth-order valence-electron chi connectivity index (χ4n) is 2.78. The second kappa shape index (κ2) is 4.51.